The minimum Gasteiger partial charge on any atom is -0.386 e. The molecular weight excluding hydrogens is 240 g/mol. The molecule has 1 aromatic rings. The van der Waals surface area contributed by atoms with Crippen molar-refractivity contribution in [3.05, 3.63) is 41.0 Å². The van der Waals surface area contributed by atoms with E-state index in [0.717, 1.165) is 18.4 Å². The highest BCUT2D eigenvalue weighted by Gasteiger charge is 2.31. The van der Waals surface area contributed by atoms with E-state index in [2.05, 4.69) is 17.7 Å². The fraction of sp³-hybridized carbons (Fsp3) is 0.375. The largest absolute Gasteiger partial charge is 0.386 e. The summed E-state index contributed by atoms with van der Waals surface area (Å²) < 4.78 is 4.62. The maximum atomic E-state index is 11.6. The van der Waals surface area contributed by atoms with E-state index in [1.165, 1.54) is 19.3 Å². The SMILES string of the molecule is CCCCCCC=Cc1cccc2c1C(=O)OC2=O. The molecule has 0 aliphatic carbocycles. The van der Waals surface area contributed by atoms with Crippen LogP contribution in [-0.2, 0) is 4.74 Å². The Morgan fingerprint density at radius 3 is 2.74 bits per heavy atom. The predicted octanol–water partition coefficient (Wildman–Crippen LogP) is 3.98. The van der Waals surface area contributed by atoms with Crippen LogP contribution in [0.15, 0.2) is 24.3 Å². The van der Waals surface area contributed by atoms with Gasteiger partial charge in [-0.05, 0) is 24.5 Å². The van der Waals surface area contributed by atoms with E-state index in [-0.39, 0.29) is 0 Å². The van der Waals surface area contributed by atoms with Gasteiger partial charge in [0.25, 0.3) is 0 Å². The molecule has 1 aliphatic heterocycles. The van der Waals surface area contributed by atoms with Crippen molar-refractivity contribution in [2.75, 3.05) is 0 Å². The smallest absolute Gasteiger partial charge is 0.347 e. The summed E-state index contributed by atoms with van der Waals surface area (Å²) in [5.41, 5.74) is 1.54. The van der Waals surface area contributed by atoms with Gasteiger partial charge in [-0.25, -0.2) is 9.59 Å². The summed E-state index contributed by atoms with van der Waals surface area (Å²) in [6, 6.07) is 5.23. The van der Waals surface area contributed by atoms with E-state index in [4.69, 9.17) is 0 Å². The Kier molecular flexibility index (Phi) is 4.50. The van der Waals surface area contributed by atoms with Crippen molar-refractivity contribution >= 4 is 18.0 Å². The van der Waals surface area contributed by atoms with Crippen LogP contribution in [0.4, 0.5) is 0 Å². The summed E-state index contributed by atoms with van der Waals surface area (Å²) in [7, 11) is 0. The molecule has 0 saturated heterocycles. The molecule has 3 heteroatoms. The van der Waals surface area contributed by atoms with Gasteiger partial charge in [0.1, 0.15) is 0 Å². The summed E-state index contributed by atoms with van der Waals surface area (Å²) in [5.74, 6) is -1.08. The number of hydrogen-bond donors (Lipinski definition) is 0. The van der Waals surface area contributed by atoms with Gasteiger partial charge in [0.05, 0.1) is 11.1 Å². The molecule has 0 atom stereocenters. The van der Waals surface area contributed by atoms with E-state index in [0.29, 0.717) is 11.1 Å². The summed E-state index contributed by atoms with van der Waals surface area (Å²) in [4.78, 5) is 23.0. The van der Waals surface area contributed by atoms with Gasteiger partial charge in [0.15, 0.2) is 0 Å². The molecule has 1 aliphatic rings. The van der Waals surface area contributed by atoms with Gasteiger partial charge in [-0.1, -0.05) is 50.5 Å². The fourth-order valence-corrected chi connectivity index (χ4v) is 2.20. The molecule has 0 N–H and O–H groups in total. The third kappa shape index (κ3) is 3.11. The van der Waals surface area contributed by atoms with Gasteiger partial charge in [0, 0.05) is 0 Å². The molecule has 0 bridgehead atoms. The lowest BCUT2D eigenvalue weighted by atomic mass is 10.0. The van der Waals surface area contributed by atoms with Crippen molar-refractivity contribution in [2.45, 2.75) is 39.0 Å². The number of allylic oxidation sites excluding steroid dienone is 1. The number of carbonyl (C=O) groups is 2. The Morgan fingerprint density at radius 2 is 1.95 bits per heavy atom. The molecular formula is C16H18O3. The van der Waals surface area contributed by atoms with Gasteiger partial charge in [0.2, 0.25) is 0 Å². The molecule has 1 aromatic carbocycles. The molecule has 0 unspecified atom stereocenters. The molecule has 100 valence electrons. The minimum atomic E-state index is -0.543. The van der Waals surface area contributed by atoms with Gasteiger partial charge in [-0.2, -0.15) is 0 Å². The summed E-state index contributed by atoms with van der Waals surface area (Å²) >= 11 is 0. The quantitative estimate of drug-likeness (QED) is 0.440. The van der Waals surface area contributed by atoms with Gasteiger partial charge in [-0.15, -0.1) is 0 Å². The summed E-state index contributed by atoms with van der Waals surface area (Å²) in [6.07, 6.45) is 9.83. The van der Waals surface area contributed by atoms with Gasteiger partial charge < -0.3 is 4.74 Å². The van der Waals surface area contributed by atoms with Crippen LogP contribution in [0.1, 0.15) is 65.3 Å². The first-order chi connectivity index (χ1) is 9.24. The Hall–Kier alpha value is -1.90. The zero-order valence-electron chi connectivity index (χ0n) is 11.1. The molecule has 2 rings (SSSR count). The van der Waals surface area contributed by atoms with Crippen LogP contribution in [0.25, 0.3) is 6.08 Å². The second-order valence-electron chi connectivity index (χ2n) is 4.70. The van der Waals surface area contributed by atoms with Crippen molar-refractivity contribution in [3.63, 3.8) is 0 Å². The van der Waals surface area contributed by atoms with Gasteiger partial charge in [-0.3, -0.25) is 0 Å². The summed E-state index contributed by atoms with van der Waals surface area (Å²) in [5, 5.41) is 0. The Bertz CT molecular complexity index is 515. The van der Waals surface area contributed by atoms with E-state index in [1.807, 2.05) is 12.1 Å². The number of hydrogen-bond acceptors (Lipinski definition) is 3. The molecule has 19 heavy (non-hydrogen) atoms. The highest BCUT2D eigenvalue weighted by Crippen LogP contribution is 2.24. The van der Waals surface area contributed by atoms with Crippen LogP contribution in [-0.4, -0.2) is 11.9 Å². The lowest BCUT2D eigenvalue weighted by Crippen LogP contribution is -1.98. The van der Waals surface area contributed by atoms with Crippen molar-refractivity contribution in [1.82, 2.24) is 0 Å². The first-order valence-electron chi connectivity index (χ1n) is 6.80. The average Bonchev–Trinajstić information content (AvgIpc) is 2.70. The minimum absolute atomic E-state index is 0.373. The molecule has 0 saturated carbocycles. The number of ether oxygens (including phenoxy) is 1. The highest BCUT2D eigenvalue weighted by atomic mass is 16.6. The zero-order chi connectivity index (χ0) is 13.7. The van der Waals surface area contributed by atoms with E-state index >= 15 is 0 Å². The lowest BCUT2D eigenvalue weighted by Gasteiger charge is -1.99. The third-order valence-electron chi connectivity index (χ3n) is 3.23. The Morgan fingerprint density at radius 1 is 1.11 bits per heavy atom. The second-order valence-corrected chi connectivity index (χ2v) is 4.70. The monoisotopic (exact) mass is 258 g/mol. The van der Waals surface area contributed by atoms with Crippen molar-refractivity contribution < 1.29 is 14.3 Å². The van der Waals surface area contributed by atoms with Crippen LogP contribution in [0, 0.1) is 0 Å². The molecule has 0 spiro atoms. The molecule has 1 heterocycles. The van der Waals surface area contributed by atoms with Crippen LogP contribution >= 0.6 is 0 Å². The number of unbranched alkanes of at least 4 members (excludes halogenated alkanes) is 4. The topological polar surface area (TPSA) is 43.4 Å². The fourth-order valence-electron chi connectivity index (χ4n) is 2.20. The van der Waals surface area contributed by atoms with E-state index < -0.39 is 11.9 Å². The predicted molar refractivity (Wildman–Crippen MR) is 74.0 cm³/mol. The number of benzene rings is 1. The normalized spacial score (nSPS) is 13.9. The maximum Gasteiger partial charge on any atom is 0.347 e. The van der Waals surface area contributed by atoms with Gasteiger partial charge >= 0.3 is 11.9 Å². The molecule has 0 radical (unpaired) electrons. The number of esters is 2. The average molecular weight is 258 g/mol. The lowest BCUT2D eigenvalue weighted by molar-refractivity contribution is 0.0444. The number of carbonyl (C=O) groups excluding carboxylic acids is 2. The first-order valence-corrected chi connectivity index (χ1v) is 6.80. The third-order valence-corrected chi connectivity index (χ3v) is 3.23. The number of cyclic esters (lactones) is 2. The van der Waals surface area contributed by atoms with E-state index in [9.17, 15) is 9.59 Å². The molecule has 0 aromatic heterocycles. The van der Waals surface area contributed by atoms with Crippen molar-refractivity contribution in [1.29, 1.82) is 0 Å². The number of fused-ring (bicyclic) bond motifs is 1. The Labute approximate surface area is 113 Å². The van der Waals surface area contributed by atoms with Crippen LogP contribution in [0.2, 0.25) is 0 Å². The standard InChI is InChI=1S/C16H18O3/c1-2-3-4-5-6-7-9-12-10-8-11-13-14(12)16(18)19-15(13)17/h7-11H,2-6H2,1H3. The van der Waals surface area contributed by atoms with E-state index in [1.54, 1.807) is 12.1 Å². The highest BCUT2D eigenvalue weighted by molar-refractivity contribution is 6.16. The first kappa shape index (κ1) is 13.5. The van der Waals surface area contributed by atoms with Crippen molar-refractivity contribution in [3.8, 4) is 0 Å². The second kappa shape index (κ2) is 6.32. The molecule has 3 nitrogen and oxygen atoms in total. The summed E-state index contributed by atoms with van der Waals surface area (Å²) in [6.45, 7) is 2.19. The number of rotatable bonds is 6. The molecule has 0 amide bonds. The maximum absolute atomic E-state index is 11.6. The van der Waals surface area contributed by atoms with Crippen molar-refractivity contribution in [2.24, 2.45) is 0 Å². The van der Waals surface area contributed by atoms with Crippen LogP contribution in [0.5, 0.6) is 0 Å². The van der Waals surface area contributed by atoms with Crippen LogP contribution in [0.3, 0.4) is 0 Å². The molecule has 0 fully saturated rings. The zero-order valence-corrected chi connectivity index (χ0v) is 11.1. The Balaban J connectivity index is 2.04. The van der Waals surface area contributed by atoms with Crippen LogP contribution < -0.4 is 0 Å².